The molecule has 1 heterocycles. The van der Waals surface area contributed by atoms with Gasteiger partial charge in [-0.1, -0.05) is 6.07 Å². The zero-order chi connectivity index (χ0) is 14.9. The topological polar surface area (TPSA) is 81.1 Å². The minimum absolute atomic E-state index is 0.00192. The van der Waals surface area contributed by atoms with Crippen LogP contribution in [0.4, 0.5) is 14.9 Å². The van der Waals surface area contributed by atoms with Crippen LogP contribution in [-0.4, -0.2) is 52.9 Å². The highest BCUT2D eigenvalue weighted by atomic mass is 19.1. The van der Waals surface area contributed by atoms with Crippen molar-refractivity contribution in [2.24, 2.45) is 0 Å². The molecule has 2 unspecified atom stereocenters. The fourth-order valence-electron chi connectivity index (χ4n) is 2.25. The maximum absolute atomic E-state index is 13.1. The average molecular weight is 282 g/mol. The normalized spacial score (nSPS) is 21.9. The van der Waals surface area contributed by atoms with Gasteiger partial charge in [-0.3, -0.25) is 4.90 Å². The molecule has 1 fully saturated rings. The van der Waals surface area contributed by atoms with E-state index in [2.05, 4.69) is 0 Å². The van der Waals surface area contributed by atoms with Crippen molar-refractivity contribution in [3.63, 3.8) is 0 Å². The third-order valence-electron chi connectivity index (χ3n) is 3.29. The lowest BCUT2D eigenvalue weighted by molar-refractivity contribution is -0.141. The van der Waals surface area contributed by atoms with E-state index in [1.54, 1.807) is 6.07 Å². The molecular formula is C13H15FN2O4. The third-order valence-corrected chi connectivity index (χ3v) is 3.29. The molecule has 1 aliphatic rings. The molecular weight excluding hydrogens is 267 g/mol. The molecule has 2 atom stereocenters. The number of aliphatic carboxylic acids is 1. The SMILES string of the molecule is CN(C(=O)N1CC(O)CC1C(=O)O)c1cccc(F)c1. The fraction of sp³-hybridized carbons (Fsp3) is 0.385. The fourth-order valence-corrected chi connectivity index (χ4v) is 2.25. The first-order chi connectivity index (χ1) is 9.40. The molecule has 1 aromatic rings. The molecule has 0 aliphatic carbocycles. The summed E-state index contributed by atoms with van der Waals surface area (Å²) in [6.45, 7) is -0.0462. The molecule has 1 saturated heterocycles. The highest BCUT2D eigenvalue weighted by molar-refractivity contribution is 5.94. The lowest BCUT2D eigenvalue weighted by Gasteiger charge is -2.27. The van der Waals surface area contributed by atoms with Gasteiger partial charge in [0, 0.05) is 25.7 Å². The van der Waals surface area contributed by atoms with Gasteiger partial charge in [0.05, 0.1) is 6.10 Å². The number of anilines is 1. The Bertz CT molecular complexity index is 537. The van der Waals surface area contributed by atoms with Gasteiger partial charge in [0.1, 0.15) is 11.9 Å². The van der Waals surface area contributed by atoms with E-state index in [4.69, 9.17) is 5.11 Å². The van der Waals surface area contributed by atoms with Crippen LogP contribution >= 0.6 is 0 Å². The summed E-state index contributed by atoms with van der Waals surface area (Å²) >= 11 is 0. The van der Waals surface area contributed by atoms with Gasteiger partial charge in [-0.2, -0.15) is 0 Å². The second-order valence-corrected chi connectivity index (χ2v) is 4.72. The minimum atomic E-state index is -1.16. The summed E-state index contributed by atoms with van der Waals surface area (Å²) in [7, 11) is 1.43. The van der Waals surface area contributed by atoms with E-state index in [1.807, 2.05) is 0 Å². The van der Waals surface area contributed by atoms with Crippen molar-refractivity contribution in [2.75, 3.05) is 18.5 Å². The predicted octanol–water partition coefficient (Wildman–Crippen LogP) is 0.902. The van der Waals surface area contributed by atoms with E-state index in [-0.39, 0.29) is 13.0 Å². The Morgan fingerprint density at radius 3 is 2.75 bits per heavy atom. The number of urea groups is 1. The number of amides is 2. The number of halogens is 1. The molecule has 0 aromatic heterocycles. The monoisotopic (exact) mass is 282 g/mol. The summed E-state index contributed by atoms with van der Waals surface area (Å²) in [5.74, 6) is -1.65. The number of rotatable bonds is 2. The van der Waals surface area contributed by atoms with Crippen molar-refractivity contribution < 1.29 is 24.2 Å². The summed E-state index contributed by atoms with van der Waals surface area (Å²) < 4.78 is 13.1. The summed E-state index contributed by atoms with van der Waals surface area (Å²) in [6, 6.07) is 3.79. The van der Waals surface area contributed by atoms with Crippen LogP contribution in [0.25, 0.3) is 0 Å². The van der Waals surface area contributed by atoms with E-state index in [0.29, 0.717) is 5.69 Å². The second kappa shape index (κ2) is 5.46. The van der Waals surface area contributed by atoms with Gasteiger partial charge >= 0.3 is 12.0 Å². The summed E-state index contributed by atoms with van der Waals surface area (Å²) in [4.78, 5) is 25.6. The number of carboxylic acid groups (broad SMARTS) is 1. The molecule has 1 aromatic carbocycles. The number of β-amino-alcohol motifs (C(OH)–C–C–N with tert-alkyl or cyclic N) is 1. The van der Waals surface area contributed by atoms with Crippen LogP contribution in [0.1, 0.15) is 6.42 Å². The van der Waals surface area contributed by atoms with Crippen molar-refractivity contribution >= 4 is 17.7 Å². The molecule has 20 heavy (non-hydrogen) atoms. The lowest BCUT2D eigenvalue weighted by Crippen LogP contribution is -2.47. The first-order valence-corrected chi connectivity index (χ1v) is 6.11. The van der Waals surface area contributed by atoms with Gasteiger partial charge in [-0.25, -0.2) is 14.0 Å². The molecule has 108 valence electrons. The molecule has 0 spiro atoms. The molecule has 1 aliphatic heterocycles. The quantitative estimate of drug-likeness (QED) is 0.844. The largest absolute Gasteiger partial charge is 0.480 e. The maximum Gasteiger partial charge on any atom is 0.326 e. The molecule has 6 nitrogen and oxygen atoms in total. The highest BCUT2D eigenvalue weighted by Crippen LogP contribution is 2.22. The average Bonchev–Trinajstić information content (AvgIpc) is 2.79. The molecule has 2 rings (SSSR count). The Labute approximate surface area is 115 Å². The summed E-state index contributed by atoms with van der Waals surface area (Å²) in [5.41, 5.74) is 0.320. The number of carbonyl (C=O) groups excluding carboxylic acids is 1. The van der Waals surface area contributed by atoms with Gasteiger partial charge in [0.25, 0.3) is 0 Å². The number of hydrogen-bond acceptors (Lipinski definition) is 3. The number of nitrogens with zero attached hydrogens (tertiary/aromatic N) is 2. The molecule has 0 saturated carbocycles. The number of carboxylic acids is 1. The van der Waals surface area contributed by atoms with Gasteiger partial charge in [0.15, 0.2) is 0 Å². The standard InChI is InChI=1S/C13H15FN2O4/c1-15(9-4-2-3-8(14)5-9)13(20)16-7-10(17)6-11(16)12(18)19/h2-5,10-11,17H,6-7H2,1H3,(H,18,19). The Kier molecular flexibility index (Phi) is 3.89. The van der Waals surface area contributed by atoms with Gasteiger partial charge in [0.2, 0.25) is 0 Å². The smallest absolute Gasteiger partial charge is 0.326 e. The van der Waals surface area contributed by atoms with Crippen molar-refractivity contribution in [1.82, 2.24) is 4.90 Å². The molecule has 0 bridgehead atoms. The Morgan fingerprint density at radius 2 is 2.15 bits per heavy atom. The van der Waals surface area contributed by atoms with Crippen LogP contribution < -0.4 is 4.90 Å². The first kappa shape index (κ1) is 14.3. The third kappa shape index (κ3) is 2.72. The van der Waals surface area contributed by atoms with E-state index >= 15 is 0 Å². The van der Waals surface area contributed by atoms with Crippen molar-refractivity contribution in [1.29, 1.82) is 0 Å². The van der Waals surface area contributed by atoms with Crippen molar-refractivity contribution in [3.8, 4) is 0 Å². The van der Waals surface area contributed by atoms with Crippen LogP contribution in [0.15, 0.2) is 24.3 Å². The summed E-state index contributed by atoms with van der Waals surface area (Å²) in [5, 5.41) is 18.6. The number of likely N-dealkylation sites (tertiary alicyclic amines) is 1. The number of aliphatic hydroxyl groups is 1. The lowest BCUT2D eigenvalue weighted by atomic mass is 10.2. The molecule has 2 amide bonds. The van der Waals surface area contributed by atoms with Crippen LogP contribution in [0.2, 0.25) is 0 Å². The Balaban J connectivity index is 2.20. The van der Waals surface area contributed by atoms with Crippen LogP contribution in [0.3, 0.4) is 0 Å². The predicted molar refractivity (Wildman–Crippen MR) is 69.0 cm³/mol. The van der Waals surface area contributed by atoms with Gasteiger partial charge in [-0.15, -0.1) is 0 Å². The molecule has 2 N–H and O–H groups in total. The maximum atomic E-state index is 13.1. The first-order valence-electron chi connectivity index (χ1n) is 6.11. The van der Waals surface area contributed by atoms with Gasteiger partial charge < -0.3 is 15.1 Å². The van der Waals surface area contributed by atoms with Crippen LogP contribution in [0, 0.1) is 5.82 Å². The van der Waals surface area contributed by atoms with Crippen LogP contribution in [0.5, 0.6) is 0 Å². The Morgan fingerprint density at radius 1 is 1.45 bits per heavy atom. The number of hydrogen-bond donors (Lipinski definition) is 2. The number of benzene rings is 1. The Hall–Kier alpha value is -2.15. The van der Waals surface area contributed by atoms with E-state index in [9.17, 15) is 19.1 Å². The van der Waals surface area contributed by atoms with Crippen molar-refractivity contribution in [2.45, 2.75) is 18.6 Å². The summed E-state index contributed by atoms with van der Waals surface area (Å²) in [6.07, 6.45) is -0.862. The number of carbonyl (C=O) groups is 2. The van der Waals surface area contributed by atoms with Crippen LogP contribution in [-0.2, 0) is 4.79 Å². The zero-order valence-electron chi connectivity index (χ0n) is 10.9. The zero-order valence-corrected chi connectivity index (χ0v) is 10.9. The van der Waals surface area contributed by atoms with Gasteiger partial charge in [-0.05, 0) is 18.2 Å². The van der Waals surface area contributed by atoms with E-state index in [0.717, 1.165) is 9.80 Å². The molecule has 0 radical (unpaired) electrons. The minimum Gasteiger partial charge on any atom is -0.480 e. The van der Waals surface area contributed by atoms with E-state index < -0.39 is 30.0 Å². The number of aliphatic hydroxyl groups excluding tert-OH is 1. The highest BCUT2D eigenvalue weighted by Gasteiger charge is 2.40. The molecule has 7 heteroatoms. The van der Waals surface area contributed by atoms with Crippen molar-refractivity contribution in [3.05, 3.63) is 30.1 Å². The second-order valence-electron chi connectivity index (χ2n) is 4.72. The van der Waals surface area contributed by atoms with E-state index in [1.165, 1.54) is 25.2 Å².